The van der Waals surface area contributed by atoms with Gasteiger partial charge in [-0.15, -0.1) is 0 Å². The summed E-state index contributed by atoms with van der Waals surface area (Å²) in [4.78, 5) is 0. The first-order valence-electron chi connectivity index (χ1n) is 6.77. The Hall–Kier alpha value is -2.07. The lowest BCUT2D eigenvalue weighted by atomic mass is 9.98. The molecule has 21 heavy (non-hydrogen) atoms. The number of nitrogens with two attached hydrogens (primary N) is 1. The molecule has 0 amide bonds. The molecule has 0 heterocycles. The summed E-state index contributed by atoms with van der Waals surface area (Å²) in [5, 5.41) is 0. The first-order valence-corrected chi connectivity index (χ1v) is 6.77. The largest absolute Gasteiger partial charge is 0.493 e. The highest BCUT2D eigenvalue weighted by Gasteiger charge is 2.17. The lowest BCUT2D eigenvalue weighted by molar-refractivity contribution is 0.351. The van der Waals surface area contributed by atoms with E-state index in [1.54, 1.807) is 6.07 Å². The van der Waals surface area contributed by atoms with Crippen LogP contribution in [0.5, 0.6) is 11.5 Å². The van der Waals surface area contributed by atoms with Gasteiger partial charge in [0.2, 0.25) is 0 Å². The normalized spacial score (nSPS) is 12.0. The molecule has 0 radical (unpaired) electrons. The van der Waals surface area contributed by atoms with Gasteiger partial charge in [-0.05, 0) is 25.0 Å². The van der Waals surface area contributed by atoms with E-state index in [4.69, 9.17) is 15.2 Å². The van der Waals surface area contributed by atoms with Crippen molar-refractivity contribution in [2.75, 3.05) is 14.2 Å². The van der Waals surface area contributed by atoms with Crippen LogP contribution in [0.25, 0.3) is 0 Å². The minimum atomic E-state index is -0.438. The van der Waals surface area contributed by atoms with Gasteiger partial charge in [-0.1, -0.05) is 29.8 Å². The molecule has 112 valence electrons. The number of methoxy groups -OCH3 is 2. The molecule has 0 aliphatic carbocycles. The number of hydrogen-bond acceptors (Lipinski definition) is 3. The number of rotatable bonds is 5. The van der Waals surface area contributed by atoms with Gasteiger partial charge in [0, 0.05) is 17.7 Å². The maximum atomic E-state index is 14.2. The fraction of sp³-hybridized carbons (Fsp3) is 0.294. The van der Waals surface area contributed by atoms with Gasteiger partial charge >= 0.3 is 0 Å². The monoisotopic (exact) mass is 289 g/mol. The van der Waals surface area contributed by atoms with E-state index in [9.17, 15) is 4.39 Å². The Labute approximate surface area is 124 Å². The van der Waals surface area contributed by atoms with Gasteiger partial charge < -0.3 is 15.2 Å². The van der Waals surface area contributed by atoms with Crippen molar-refractivity contribution in [3.8, 4) is 11.5 Å². The first-order chi connectivity index (χ1) is 10.0. The molecular weight excluding hydrogens is 269 g/mol. The Kier molecular flexibility index (Phi) is 4.81. The van der Waals surface area contributed by atoms with Crippen LogP contribution in [0.1, 0.15) is 22.7 Å². The van der Waals surface area contributed by atoms with Gasteiger partial charge in [-0.3, -0.25) is 0 Å². The van der Waals surface area contributed by atoms with Crippen LogP contribution in [0.3, 0.4) is 0 Å². The van der Waals surface area contributed by atoms with E-state index in [2.05, 4.69) is 6.07 Å². The molecule has 2 aromatic rings. The third kappa shape index (κ3) is 3.52. The Balaban J connectivity index is 2.28. The number of benzene rings is 2. The van der Waals surface area contributed by atoms with Crippen molar-refractivity contribution in [3.63, 3.8) is 0 Å². The molecule has 0 saturated carbocycles. The predicted molar refractivity (Wildman–Crippen MR) is 81.3 cm³/mol. The van der Waals surface area contributed by atoms with Crippen molar-refractivity contribution in [1.82, 2.24) is 0 Å². The summed E-state index contributed by atoms with van der Waals surface area (Å²) in [7, 11) is 3.00. The second-order valence-electron chi connectivity index (χ2n) is 5.03. The van der Waals surface area contributed by atoms with E-state index in [-0.39, 0.29) is 5.82 Å². The van der Waals surface area contributed by atoms with Crippen LogP contribution in [-0.2, 0) is 6.42 Å². The highest BCUT2D eigenvalue weighted by molar-refractivity contribution is 5.45. The molecule has 0 fully saturated rings. The molecule has 0 aliphatic rings. The summed E-state index contributed by atoms with van der Waals surface area (Å²) in [6.45, 7) is 2.02. The maximum Gasteiger partial charge on any atom is 0.163 e. The number of halogens is 1. The third-order valence-electron chi connectivity index (χ3n) is 3.44. The summed E-state index contributed by atoms with van der Waals surface area (Å²) in [5.74, 6) is 0.461. The third-order valence-corrected chi connectivity index (χ3v) is 3.44. The molecule has 3 nitrogen and oxygen atoms in total. The average molecular weight is 289 g/mol. The molecule has 0 aromatic heterocycles. The summed E-state index contributed by atoms with van der Waals surface area (Å²) >= 11 is 0. The number of ether oxygens (including phenoxy) is 2. The van der Waals surface area contributed by atoms with Gasteiger partial charge in [0.1, 0.15) is 5.82 Å². The molecule has 1 atom stereocenters. The van der Waals surface area contributed by atoms with Crippen LogP contribution in [0, 0.1) is 12.7 Å². The van der Waals surface area contributed by atoms with Crippen molar-refractivity contribution in [3.05, 3.63) is 58.9 Å². The first kappa shape index (κ1) is 15.3. The van der Waals surface area contributed by atoms with Crippen LogP contribution < -0.4 is 15.2 Å². The predicted octanol–water partition coefficient (Wildman–Crippen LogP) is 3.39. The van der Waals surface area contributed by atoms with E-state index >= 15 is 0 Å². The van der Waals surface area contributed by atoms with E-state index in [0.717, 1.165) is 11.1 Å². The van der Waals surface area contributed by atoms with E-state index < -0.39 is 6.04 Å². The minimum absolute atomic E-state index is 0.363. The van der Waals surface area contributed by atoms with Gasteiger partial charge in [-0.25, -0.2) is 4.39 Å². The van der Waals surface area contributed by atoms with Gasteiger partial charge in [0.15, 0.2) is 11.5 Å². The summed E-state index contributed by atoms with van der Waals surface area (Å²) < 4.78 is 24.5. The molecule has 2 aromatic carbocycles. The molecule has 0 spiro atoms. The smallest absolute Gasteiger partial charge is 0.163 e. The average Bonchev–Trinajstić information content (AvgIpc) is 2.46. The van der Waals surface area contributed by atoms with E-state index in [1.165, 1.54) is 20.3 Å². The van der Waals surface area contributed by atoms with Gasteiger partial charge in [0.05, 0.1) is 14.2 Å². The Morgan fingerprint density at radius 3 is 2.38 bits per heavy atom. The highest BCUT2D eigenvalue weighted by Crippen LogP contribution is 2.32. The quantitative estimate of drug-likeness (QED) is 0.917. The molecule has 0 saturated heterocycles. The summed E-state index contributed by atoms with van der Waals surface area (Å²) in [6.07, 6.45) is 0.564. The fourth-order valence-corrected chi connectivity index (χ4v) is 2.36. The van der Waals surface area contributed by atoms with Crippen LogP contribution in [-0.4, -0.2) is 14.2 Å². The lowest BCUT2D eigenvalue weighted by Crippen LogP contribution is -2.15. The topological polar surface area (TPSA) is 44.5 Å². The standard InChI is InChI=1S/C17H20FNO2/c1-11-5-4-6-12(7-11)8-15(19)13-9-16(20-2)17(21-3)10-14(13)18/h4-7,9-10,15H,8,19H2,1-3H3. The van der Waals surface area contributed by atoms with Crippen molar-refractivity contribution in [2.24, 2.45) is 5.73 Å². The second-order valence-corrected chi connectivity index (χ2v) is 5.03. The van der Waals surface area contributed by atoms with Crippen LogP contribution in [0.2, 0.25) is 0 Å². The van der Waals surface area contributed by atoms with Crippen LogP contribution >= 0.6 is 0 Å². The van der Waals surface area contributed by atoms with E-state index in [1.807, 2.05) is 25.1 Å². The molecule has 1 unspecified atom stereocenters. The summed E-state index contributed by atoms with van der Waals surface area (Å²) in [5.41, 5.74) is 8.82. The molecule has 0 aliphatic heterocycles. The zero-order chi connectivity index (χ0) is 15.4. The molecule has 4 heteroatoms. The van der Waals surface area contributed by atoms with Crippen molar-refractivity contribution in [2.45, 2.75) is 19.4 Å². The minimum Gasteiger partial charge on any atom is -0.493 e. The molecular formula is C17H20FNO2. The van der Waals surface area contributed by atoms with Crippen molar-refractivity contribution >= 4 is 0 Å². The second kappa shape index (κ2) is 6.59. The number of aryl methyl sites for hydroxylation is 1. The van der Waals surface area contributed by atoms with Crippen molar-refractivity contribution < 1.29 is 13.9 Å². The highest BCUT2D eigenvalue weighted by atomic mass is 19.1. The fourth-order valence-electron chi connectivity index (χ4n) is 2.36. The number of hydrogen-bond donors (Lipinski definition) is 1. The Morgan fingerprint density at radius 1 is 1.10 bits per heavy atom. The molecule has 2 rings (SSSR count). The summed E-state index contributed by atoms with van der Waals surface area (Å²) in [6, 6.07) is 10.5. The van der Waals surface area contributed by atoms with Crippen molar-refractivity contribution in [1.29, 1.82) is 0 Å². The van der Waals surface area contributed by atoms with Crippen LogP contribution in [0.15, 0.2) is 36.4 Å². The van der Waals surface area contributed by atoms with Gasteiger partial charge in [0.25, 0.3) is 0 Å². The zero-order valence-corrected chi connectivity index (χ0v) is 12.5. The SMILES string of the molecule is COc1cc(F)c(C(N)Cc2cccc(C)c2)cc1OC. The van der Waals surface area contributed by atoms with E-state index in [0.29, 0.717) is 23.5 Å². The molecule has 2 N–H and O–H groups in total. The zero-order valence-electron chi connectivity index (χ0n) is 12.5. The Morgan fingerprint density at radius 2 is 1.76 bits per heavy atom. The van der Waals surface area contributed by atoms with Crippen LogP contribution in [0.4, 0.5) is 4.39 Å². The molecule has 0 bridgehead atoms. The van der Waals surface area contributed by atoms with Gasteiger partial charge in [-0.2, -0.15) is 0 Å². The lowest BCUT2D eigenvalue weighted by Gasteiger charge is -2.16. The maximum absolute atomic E-state index is 14.2. The Bertz CT molecular complexity index is 628.